The minimum Gasteiger partial charge on any atom is -0.376 e. The van der Waals surface area contributed by atoms with Gasteiger partial charge in [0.1, 0.15) is 11.2 Å². The van der Waals surface area contributed by atoms with Crippen LogP contribution in [0, 0.1) is 0 Å². The fraction of sp³-hybridized carbons (Fsp3) is 0.368. The van der Waals surface area contributed by atoms with Gasteiger partial charge in [-0.3, -0.25) is 0 Å². The Kier molecular flexibility index (Phi) is 6.67. The zero-order valence-corrected chi connectivity index (χ0v) is 16.0. The highest BCUT2D eigenvalue weighted by Gasteiger charge is 2.17. The maximum absolute atomic E-state index is 5.03. The first-order chi connectivity index (χ1) is 12.3. The number of benzene rings is 1. The summed E-state index contributed by atoms with van der Waals surface area (Å²) in [5.74, 6) is 1.10. The Morgan fingerprint density at radius 3 is 2.80 bits per heavy atom. The van der Waals surface area contributed by atoms with Gasteiger partial charge in [0, 0.05) is 11.8 Å². The van der Waals surface area contributed by atoms with E-state index in [1.165, 1.54) is 16.7 Å². The van der Waals surface area contributed by atoms with Crippen molar-refractivity contribution < 1.29 is 4.84 Å². The van der Waals surface area contributed by atoms with Crippen LogP contribution in [0.5, 0.6) is 0 Å². The summed E-state index contributed by atoms with van der Waals surface area (Å²) in [5, 5.41) is 4.63. The van der Waals surface area contributed by atoms with Crippen LogP contribution in [-0.2, 0) is 11.3 Å². The van der Waals surface area contributed by atoms with Crippen LogP contribution >= 0.6 is 24.0 Å². The molecular formula is C19H23N3OS2. The molecule has 1 fully saturated rings. The normalized spacial score (nSPS) is 16.5. The number of aromatic nitrogens is 1. The van der Waals surface area contributed by atoms with E-state index >= 15 is 0 Å². The summed E-state index contributed by atoms with van der Waals surface area (Å²) in [4.78, 5) is 9.58. The summed E-state index contributed by atoms with van der Waals surface area (Å²) in [7, 11) is 0. The predicted octanol–water partition coefficient (Wildman–Crippen LogP) is 4.31. The topological polar surface area (TPSA) is 46.2 Å². The molecule has 2 heterocycles. The van der Waals surface area contributed by atoms with E-state index in [0.29, 0.717) is 5.17 Å². The molecule has 4 nitrogen and oxygen atoms in total. The second-order valence-corrected chi connectivity index (χ2v) is 7.45. The summed E-state index contributed by atoms with van der Waals surface area (Å²) >= 11 is 6.76. The number of rotatable bonds is 8. The summed E-state index contributed by atoms with van der Waals surface area (Å²) < 4.78 is 0. The number of hydroxylamine groups is 1. The van der Waals surface area contributed by atoms with E-state index in [1.807, 2.05) is 24.0 Å². The highest BCUT2D eigenvalue weighted by atomic mass is 32.2. The lowest BCUT2D eigenvalue weighted by atomic mass is 10.0. The largest absolute Gasteiger partial charge is 0.376 e. The third kappa shape index (κ3) is 5.17. The minimum atomic E-state index is 0.125. The number of hydrogen-bond acceptors (Lipinski definition) is 5. The zero-order valence-electron chi connectivity index (χ0n) is 14.3. The third-order valence-corrected chi connectivity index (χ3v) is 5.44. The molecule has 1 aromatic heterocycles. The van der Waals surface area contributed by atoms with Gasteiger partial charge in [-0.2, -0.15) is 0 Å². The monoisotopic (exact) mass is 373 g/mol. The van der Waals surface area contributed by atoms with E-state index in [1.54, 1.807) is 0 Å². The molecule has 1 unspecified atom stereocenters. The molecule has 1 saturated heterocycles. The van der Waals surface area contributed by atoms with Crippen LogP contribution < -0.4 is 10.8 Å². The van der Waals surface area contributed by atoms with Crippen molar-refractivity contribution in [2.75, 3.05) is 5.75 Å². The minimum absolute atomic E-state index is 0.125. The Balaban J connectivity index is 1.58. The molecule has 0 aliphatic carbocycles. The zero-order chi connectivity index (χ0) is 17.5. The first kappa shape index (κ1) is 18.2. The van der Waals surface area contributed by atoms with Crippen LogP contribution in [0.1, 0.15) is 31.7 Å². The van der Waals surface area contributed by atoms with E-state index in [4.69, 9.17) is 17.1 Å². The molecule has 0 radical (unpaired) electrons. The molecule has 1 aliphatic heterocycles. The summed E-state index contributed by atoms with van der Waals surface area (Å²) in [6, 6.07) is 13.0. The molecule has 0 spiro atoms. The Bertz CT molecular complexity index is 706. The molecule has 0 bridgehead atoms. The van der Waals surface area contributed by atoms with Gasteiger partial charge in [0.2, 0.25) is 0 Å². The van der Waals surface area contributed by atoms with Gasteiger partial charge in [-0.05, 0) is 60.8 Å². The Labute approximate surface area is 158 Å². The molecule has 25 heavy (non-hydrogen) atoms. The SMILES string of the molecule is CCCSc1ncccc1-c1ccc(CCCC2NOC(=S)N2)cc1. The number of hydrogen-bond donors (Lipinski definition) is 2. The van der Waals surface area contributed by atoms with Crippen LogP contribution in [0.3, 0.4) is 0 Å². The number of nitrogens with one attached hydrogen (secondary N) is 2. The number of nitrogens with zero attached hydrogens (tertiary/aromatic N) is 1. The Morgan fingerprint density at radius 2 is 2.08 bits per heavy atom. The quantitative estimate of drug-likeness (QED) is 0.531. The van der Waals surface area contributed by atoms with E-state index in [9.17, 15) is 0 Å². The standard InChI is InChI=1S/C19H23N3OS2/c1-2-13-25-18-16(6-4-12-20-18)15-10-8-14(9-11-15)5-3-7-17-21-19(24)23-22-17/h4,6,8-12,17,22H,2-3,5,7,13H2,1H3,(H,21,24). The van der Waals surface area contributed by atoms with Gasteiger partial charge < -0.3 is 10.2 Å². The van der Waals surface area contributed by atoms with Gasteiger partial charge in [0.05, 0.1) is 0 Å². The first-order valence-corrected chi connectivity index (χ1v) is 10.1. The number of thiocarbonyl (C=S) groups is 1. The third-order valence-electron chi connectivity index (χ3n) is 4.02. The summed E-state index contributed by atoms with van der Waals surface area (Å²) in [6.45, 7) is 2.20. The smallest absolute Gasteiger partial charge is 0.279 e. The lowest BCUT2D eigenvalue weighted by molar-refractivity contribution is 0.185. The summed E-state index contributed by atoms with van der Waals surface area (Å²) in [5.41, 5.74) is 6.68. The maximum Gasteiger partial charge on any atom is 0.279 e. The lowest BCUT2D eigenvalue weighted by Crippen LogP contribution is -2.31. The molecule has 0 amide bonds. The van der Waals surface area contributed by atoms with Crippen molar-refractivity contribution in [2.24, 2.45) is 0 Å². The lowest BCUT2D eigenvalue weighted by Gasteiger charge is -2.10. The fourth-order valence-corrected chi connectivity index (χ4v) is 3.81. The van der Waals surface area contributed by atoms with Crippen molar-refractivity contribution in [3.63, 3.8) is 0 Å². The van der Waals surface area contributed by atoms with Crippen molar-refractivity contribution in [3.05, 3.63) is 48.2 Å². The average molecular weight is 374 g/mol. The van der Waals surface area contributed by atoms with Gasteiger partial charge in [0.15, 0.2) is 0 Å². The molecule has 1 aliphatic rings. The fourth-order valence-electron chi connectivity index (χ4n) is 2.74. The molecular weight excluding hydrogens is 350 g/mol. The van der Waals surface area contributed by atoms with Crippen molar-refractivity contribution in [3.8, 4) is 11.1 Å². The van der Waals surface area contributed by atoms with Gasteiger partial charge in [-0.15, -0.1) is 17.2 Å². The van der Waals surface area contributed by atoms with Crippen LogP contribution in [0.2, 0.25) is 0 Å². The first-order valence-electron chi connectivity index (χ1n) is 8.66. The molecule has 2 N–H and O–H groups in total. The second-order valence-electron chi connectivity index (χ2n) is 6.00. The van der Waals surface area contributed by atoms with Crippen molar-refractivity contribution in [2.45, 2.75) is 43.8 Å². The van der Waals surface area contributed by atoms with E-state index < -0.39 is 0 Å². The molecule has 1 aromatic carbocycles. The predicted molar refractivity (Wildman–Crippen MR) is 107 cm³/mol. The van der Waals surface area contributed by atoms with Crippen LogP contribution in [0.4, 0.5) is 0 Å². The molecule has 132 valence electrons. The van der Waals surface area contributed by atoms with Crippen LogP contribution in [-0.4, -0.2) is 22.1 Å². The van der Waals surface area contributed by atoms with Crippen molar-refractivity contribution >= 4 is 29.2 Å². The highest BCUT2D eigenvalue weighted by molar-refractivity contribution is 7.99. The van der Waals surface area contributed by atoms with E-state index in [2.05, 4.69) is 53.0 Å². The summed E-state index contributed by atoms with van der Waals surface area (Å²) in [6.07, 6.45) is 6.23. The molecule has 3 rings (SSSR count). The highest BCUT2D eigenvalue weighted by Crippen LogP contribution is 2.30. The molecule has 6 heteroatoms. The van der Waals surface area contributed by atoms with Gasteiger partial charge in [-0.25, -0.2) is 4.98 Å². The number of pyridine rings is 1. The van der Waals surface area contributed by atoms with Gasteiger partial charge >= 0.3 is 0 Å². The molecule has 0 saturated carbocycles. The average Bonchev–Trinajstić information content (AvgIpc) is 3.06. The Morgan fingerprint density at radius 1 is 1.24 bits per heavy atom. The maximum atomic E-state index is 5.03. The van der Waals surface area contributed by atoms with E-state index in [-0.39, 0.29) is 6.17 Å². The van der Waals surface area contributed by atoms with Crippen molar-refractivity contribution in [1.29, 1.82) is 0 Å². The molecule has 1 atom stereocenters. The van der Waals surface area contributed by atoms with Gasteiger partial charge in [-0.1, -0.05) is 37.3 Å². The molecule has 2 aromatic rings. The number of aryl methyl sites for hydroxylation is 1. The van der Waals surface area contributed by atoms with Crippen LogP contribution in [0.25, 0.3) is 11.1 Å². The van der Waals surface area contributed by atoms with Gasteiger partial charge in [0.25, 0.3) is 5.17 Å². The number of thioether (sulfide) groups is 1. The van der Waals surface area contributed by atoms with Crippen LogP contribution in [0.15, 0.2) is 47.6 Å². The van der Waals surface area contributed by atoms with E-state index in [0.717, 1.165) is 36.5 Å². The Hall–Kier alpha value is -1.63. The second kappa shape index (κ2) is 9.17. The van der Waals surface area contributed by atoms with Crippen molar-refractivity contribution in [1.82, 2.24) is 15.8 Å².